The number of hydrogen-bond donors (Lipinski definition) is 1. The summed E-state index contributed by atoms with van der Waals surface area (Å²) in [6, 6.07) is 0. The van der Waals surface area contributed by atoms with E-state index in [1.54, 1.807) is 16.8 Å². The van der Waals surface area contributed by atoms with E-state index in [0.717, 1.165) is 10.1 Å². The van der Waals surface area contributed by atoms with Gasteiger partial charge in [0, 0.05) is 5.75 Å². The van der Waals surface area contributed by atoms with Crippen molar-refractivity contribution in [3.8, 4) is 0 Å². The molecule has 0 amide bonds. The van der Waals surface area contributed by atoms with Crippen molar-refractivity contribution in [2.45, 2.75) is 11.3 Å². The number of nitrogens with zero attached hydrogens (tertiary/aromatic N) is 2. The average Bonchev–Trinajstić information content (AvgIpc) is 2.56. The van der Waals surface area contributed by atoms with E-state index in [2.05, 4.69) is 28.6 Å². The zero-order valence-electron chi connectivity index (χ0n) is 6.80. The number of allylic oxidation sites excluding steroid dienone is 1. The van der Waals surface area contributed by atoms with E-state index in [4.69, 9.17) is 0 Å². The molecule has 0 aliphatic rings. The fourth-order valence-corrected chi connectivity index (χ4v) is 4.28. The largest absolute Gasteiger partial charge is 0.163 e. The molecule has 0 fully saturated rings. The predicted octanol–water partition coefficient (Wildman–Crippen LogP) is 2.91. The zero-order valence-corrected chi connectivity index (χ0v) is 9.33. The maximum Gasteiger partial charge on any atom is 0.163 e. The molecule has 0 spiro atoms. The van der Waals surface area contributed by atoms with E-state index in [1.165, 1.54) is 0 Å². The standard InChI is InChI=1S/C7H11N2S3/c1-3-4-5-11-12(2)7-9-8-6-10-7/h3-4,6,12H,2,5H2,1H3. The van der Waals surface area contributed by atoms with Gasteiger partial charge < -0.3 is 0 Å². The Balaban J connectivity index is 2.34. The molecular formula is C7H11N2S3. The second-order valence-corrected chi connectivity index (χ2v) is 6.97. The molecule has 12 heavy (non-hydrogen) atoms. The Morgan fingerprint density at radius 2 is 2.67 bits per heavy atom. The summed E-state index contributed by atoms with van der Waals surface area (Å²) in [6.45, 7) is 2.02. The maximum absolute atomic E-state index is 4.05. The Morgan fingerprint density at radius 3 is 3.25 bits per heavy atom. The molecule has 0 bridgehead atoms. The lowest BCUT2D eigenvalue weighted by molar-refractivity contribution is 1.01. The monoisotopic (exact) mass is 219 g/mol. The summed E-state index contributed by atoms with van der Waals surface area (Å²) in [7, 11) is 1.44. The molecule has 1 aromatic heterocycles. The van der Waals surface area contributed by atoms with Gasteiger partial charge in [-0.15, -0.1) is 30.9 Å². The van der Waals surface area contributed by atoms with Gasteiger partial charge in [-0.1, -0.05) is 23.5 Å². The normalized spacial score (nSPS) is 15.3. The molecule has 1 heterocycles. The summed E-state index contributed by atoms with van der Waals surface area (Å²) >= 11 is 1.59. The van der Waals surface area contributed by atoms with Crippen LogP contribution in [-0.2, 0) is 0 Å². The van der Waals surface area contributed by atoms with Gasteiger partial charge in [0.2, 0.25) is 0 Å². The lowest BCUT2D eigenvalue weighted by Gasteiger charge is -2.08. The number of aromatic nitrogens is 2. The van der Waals surface area contributed by atoms with Crippen molar-refractivity contribution in [3.63, 3.8) is 0 Å². The predicted molar refractivity (Wildman–Crippen MR) is 59.8 cm³/mol. The van der Waals surface area contributed by atoms with Crippen molar-refractivity contribution >= 4 is 32.1 Å². The smallest absolute Gasteiger partial charge is 0.149 e. The van der Waals surface area contributed by atoms with Gasteiger partial charge in [0.15, 0.2) is 4.34 Å². The first kappa shape index (κ1) is 10.1. The van der Waals surface area contributed by atoms with Crippen LogP contribution in [0.5, 0.6) is 0 Å². The zero-order chi connectivity index (χ0) is 8.81. The summed E-state index contributed by atoms with van der Waals surface area (Å²) in [5.41, 5.74) is 1.76. The minimum absolute atomic E-state index is 0.390. The van der Waals surface area contributed by atoms with Crippen LogP contribution in [-0.4, -0.2) is 16.0 Å². The second kappa shape index (κ2) is 5.61. The third-order valence-electron chi connectivity index (χ3n) is 1.12. The van der Waals surface area contributed by atoms with Gasteiger partial charge in [-0.2, -0.15) is 0 Å². The molecule has 5 heteroatoms. The second-order valence-electron chi connectivity index (χ2n) is 1.96. The van der Waals surface area contributed by atoms with E-state index in [1.807, 2.05) is 17.7 Å². The van der Waals surface area contributed by atoms with E-state index >= 15 is 0 Å². The quantitative estimate of drug-likeness (QED) is 0.479. The molecule has 67 valence electrons. The van der Waals surface area contributed by atoms with Crippen molar-refractivity contribution < 1.29 is 0 Å². The highest BCUT2D eigenvalue weighted by molar-refractivity contribution is 8.86. The fraction of sp³-hybridized carbons (Fsp3) is 0.286. The minimum atomic E-state index is -0.390. The molecule has 1 aromatic rings. The van der Waals surface area contributed by atoms with Crippen LogP contribution in [0, 0.1) is 6.26 Å². The highest BCUT2D eigenvalue weighted by Gasteiger charge is 2.03. The molecular weight excluding hydrogens is 208 g/mol. The van der Waals surface area contributed by atoms with E-state index in [9.17, 15) is 0 Å². The first-order valence-corrected chi connectivity index (χ1v) is 7.45. The first-order chi connectivity index (χ1) is 5.84. The third-order valence-corrected chi connectivity index (χ3v) is 6.01. The maximum atomic E-state index is 4.05. The summed E-state index contributed by atoms with van der Waals surface area (Å²) in [6.07, 6.45) is 8.24. The number of thiol groups is 1. The SMILES string of the molecule is [CH2][SH](SCC=CC)c1nncs1. The number of rotatable bonds is 4. The lowest BCUT2D eigenvalue weighted by atomic mass is 10.6. The van der Waals surface area contributed by atoms with Crippen molar-refractivity contribution in [2.75, 3.05) is 5.75 Å². The first-order valence-electron chi connectivity index (χ1n) is 3.45. The van der Waals surface area contributed by atoms with Gasteiger partial charge in [-0.25, -0.2) is 0 Å². The summed E-state index contributed by atoms with van der Waals surface area (Å²) in [5.74, 6) is 1.02. The summed E-state index contributed by atoms with van der Waals surface area (Å²) in [4.78, 5) is 0. The molecule has 0 aromatic carbocycles. The molecule has 0 aliphatic heterocycles. The molecule has 1 atom stereocenters. The topological polar surface area (TPSA) is 25.8 Å². The van der Waals surface area contributed by atoms with Crippen LogP contribution in [0.15, 0.2) is 22.0 Å². The Bertz CT molecular complexity index is 233. The molecule has 0 N–H and O–H groups in total. The molecule has 0 aliphatic carbocycles. The van der Waals surface area contributed by atoms with Crippen LogP contribution in [0.4, 0.5) is 0 Å². The molecule has 0 saturated heterocycles. The van der Waals surface area contributed by atoms with Crippen molar-refractivity contribution in [1.29, 1.82) is 0 Å². The van der Waals surface area contributed by atoms with Gasteiger partial charge in [-0.3, -0.25) is 0 Å². The van der Waals surface area contributed by atoms with Crippen LogP contribution in [0.2, 0.25) is 0 Å². The Hall–Kier alpha value is -0.0000000000000000833. The van der Waals surface area contributed by atoms with Crippen molar-refractivity contribution in [3.05, 3.63) is 23.9 Å². The Morgan fingerprint density at radius 1 is 1.83 bits per heavy atom. The molecule has 1 unspecified atom stereocenters. The van der Waals surface area contributed by atoms with E-state index < -0.39 is 0 Å². The molecule has 1 radical (unpaired) electrons. The lowest BCUT2D eigenvalue weighted by Crippen LogP contribution is -1.75. The Labute approximate surface area is 83.2 Å². The van der Waals surface area contributed by atoms with Crippen LogP contribution < -0.4 is 0 Å². The molecule has 0 saturated carbocycles. The van der Waals surface area contributed by atoms with Crippen LogP contribution in [0.1, 0.15) is 6.92 Å². The minimum Gasteiger partial charge on any atom is -0.149 e. The Kier molecular flexibility index (Phi) is 4.72. The van der Waals surface area contributed by atoms with Crippen LogP contribution in [0.25, 0.3) is 0 Å². The van der Waals surface area contributed by atoms with Gasteiger partial charge >= 0.3 is 0 Å². The summed E-state index contributed by atoms with van der Waals surface area (Å²) < 4.78 is 1.07. The van der Waals surface area contributed by atoms with Crippen LogP contribution in [0.3, 0.4) is 0 Å². The highest BCUT2D eigenvalue weighted by atomic mass is 33.1. The van der Waals surface area contributed by atoms with Gasteiger partial charge in [-0.05, 0) is 13.2 Å². The van der Waals surface area contributed by atoms with Crippen LogP contribution >= 0.6 is 32.1 Å². The van der Waals surface area contributed by atoms with E-state index in [-0.39, 0.29) is 9.93 Å². The third kappa shape index (κ3) is 3.16. The van der Waals surface area contributed by atoms with Gasteiger partial charge in [0.25, 0.3) is 0 Å². The van der Waals surface area contributed by atoms with E-state index in [0.29, 0.717) is 0 Å². The summed E-state index contributed by atoms with van der Waals surface area (Å²) in [5, 5.41) is 7.77. The fourth-order valence-electron chi connectivity index (χ4n) is 0.560. The highest BCUT2D eigenvalue weighted by Crippen LogP contribution is 2.47. The van der Waals surface area contributed by atoms with Crippen molar-refractivity contribution in [2.24, 2.45) is 0 Å². The van der Waals surface area contributed by atoms with Crippen molar-refractivity contribution in [1.82, 2.24) is 10.2 Å². The van der Waals surface area contributed by atoms with Gasteiger partial charge in [0.05, 0.1) is 0 Å². The van der Waals surface area contributed by atoms with Gasteiger partial charge in [0.1, 0.15) is 5.51 Å². The molecule has 2 nitrogen and oxygen atoms in total. The average molecular weight is 219 g/mol. The number of hydrogen-bond acceptors (Lipinski definition) is 4. The molecule has 1 rings (SSSR count).